The molecule has 0 bridgehead atoms. The number of anilines is 1. The predicted molar refractivity (Wildman–Crippen MR) is 70.0 cm³/mol. The van der Waals surface area contributed by atoms with E-state index in [-0.39, 0.29) is 16.0 Å². The van der Waals surface area contributed by atoms with Crippen LogP contribution in [-0.4, -0.2) is 38.5 Å². The van der Waals surface area contributed by atoms with E-state index in [4.69, 9.17) is 22.1 Å². The van der Waals surface area contributed by atoms with Crippen LogP contribution in [0.4, 0.5) is 5.69 Å². The molecule has 1 fully saturated rings. The molecule has 1 saturated heterocycles. The highest BCUT2D eigenvalue weighted by molar-refractivity contribution is 7.89. The van der Waals surface area contributed by atoms with Crippen LogP contribution < -0.4 is 5.73 Å². The predicted octanol–water partition coefficient (Wildman–Crippen LogP) is 1.33. The number of sulfonamides is 1. The van der Waals surface area contributed by atoms with Gasteiger partial charge in [0.15, 0.2) is 0 Å². The molecule has 5 nitrogen and oxygen atoms in total. The zero-order chi connectivity index (χ0) is 13.3. The Bertz CT molecular complexity index is 547. The first-order valence-electron chi connectivity index (χ1n) is 5.57. The first-order valence-corrected chi connectivity index (χ1v) is 7.39. The van der Waals surface area contributed by atoms with Crippen molar-refractivity contribution in [2.75, 3.05) is 25.5 Å². The van der Waals surface area contributed by atoms with Crippen LogP contribution in [0.15, 0.2) is 23.1 Å². The Balaban J connectivity index is 2.44. The van der Waals surface area contributed by atoms with Gasteiger partial charge < -0.3 is 10.5 Å². The van der Waals surface area contributed by atoms with Crippen molar-refractivity contribution in [3.8, 4) is 0 Å². The lowest BCUT2D eigenvalue weighted by atomic mass is 10.3. The number of morpholine rings is 1. The Morgan fingerprint density at radius 1 is 1.50 bits per heavy atom. The third-order valence-electron chi connectivity index (χ3n) is 2.85. The molecular weight excluding hydrogens is 276 g/mol. The average molecular weight is 291 g/mol. The molecule has 0 aliphatic carbocycles. The molecule has 1 aromatic rings. The lowest BCUT2D eigenvalue weighted by Gasteiger charge is -2.32. The highest BCUT2D eigenvalue weighted by Crippen LogP contribution is 2.28. The van der Waals surface area contributed by atoms with Crippen molar-refractivity contribution in [3.63, 3.8) is 0 Å². The minimum absolute atomic E-state index is 0.0536. The van der Waals surface area contributed by atoms with Crippen molar-refractivity contribution in [1.82, 2.24) is 4.31 Å². The standard InChI is InChI=1S/C11H15ClN2O3S/c1-8-7-17-5-4-14(8)18(15,16)11-6-9(13)2-3-10(11)12/h2-3,6,8H,4-5,7,13H2,1H3. The smallest absolute Gasteiger partial charge is 0.245 e. The van der Waals surface area contributed by atoms with Gasteiger partial charge in [-0.2, -0.15) is 4.31 Å². The Labute approximate surface area is 112 Å². The first-order chi connectivity index (χ1) is 8.43. The van der Waals surface area contributed by atoms with Crippen molar-refractivity contribution < 1.29 is 13.2 Å². The van der Waals surface area contributed by atoms with Gasteiger partial charge in [0.1, 0.15) is 4.90 Å². The largest absolute Gasteiger partial charge is 0.399 e. The summed E-state index contributed by atoms with van der Waals surface area (Å²) in [7, 11) is -3.62. The van der Waals surface area contributed by atoms with E-state index in [9.17, 15) is 8.42 Å². The van der Waals surface area contributed by atoms with Crippen LogP contribution >= 0.6 is 11.6 Å². The summed E-state index contributed by atoms with van der Waals surface area (Å²) < 4.78 is 31.6. The number of nitrogens with two attached hydrogens (primary N) is 1. The number of nitrogens with zero attached hydrogens (tertiary/aromatic N) is 1. The molecule has 0 radical (unpaired) electrons. The van der Waals surface area contributed by atoms with E-state index in [1.807, 2.05) is 0 Å². The van der Waals surface area contributed by atoms with E-state index in [0.29, 0.717) is 25.4 Å². The molecule has 1 aromatic carbocycles. The minimum Gasteiger partial charge on any atom is -0.399 e. The van der Waals surface area contributed by atoms with Gasteiger partial charge in [0, 0.05) is 18.3 Å². The quantitative estimate of drug-likeness (QED) is 0.834. The van der Waals surface area contributed by atoms with E-state index in [2.05, 4.69) is 0 Å². The third-order valence-corrected chi connectivity index (χ3v) is 5.34. The van der Waals surface area contributed by atoms with Gasteiger partial charge in [0.05, 0.1) is 18.2 Å². The second-order valence-corrected chi connectivity index (χ2v) is 6.50. The molecule has 0 spiro atoms. The van der Waals surface area contributed by atoms with Crippen LogP contribution in [0.5, 0.6) is 0 Å². The number of benzene rings is 1. The summed E-state index contributed by atoms with van der Waals surface area (Å²) in [4.78, 5) is 0.0536. The zero-order valence-corrected chi connectivity index (χ0v) is 11.5. The summed E-state index contributed by atoms with van der Waals surface area (Å²) >= 11 is 5.96. The summed E-state index contributed by atoms with van der Waals surface area (Å²) in [5.41, 5.74) is 6.00. The lowest BCUT2D eigenvalue weighted by Crippen LogP contribution is -2.47. The fraction of sp³-hybridized carbons (Fsp3) is 0.455. The maximum Gasteiger partial charge on any atom is 0.245 e. The van der Waals surface area contributed by atoms with Crippen LogP contribution in [0.25, 0.3) is 0 Å². The molecule has 0 aromatic heterocycles. The fourth-order valence-electron chi connectivity index (χ4n) is 1.91. The molecule has 1 atom stereocenters. The van der Waals surface area contributed by atoms with Crippen LogP contribution in [0, 0.1) is 0 Å². The van der Waals surface area contributed by atoms with Crippen molar-refractivity contribution in [2.24, 2.45) is 0 Å². The monoisotopic (exact) mass is 290 g/mol. The molecule has 0 amide bonds. The summed E-state index contributed by atoms with van der Waals surface area (Å²) in [6.07, 6.45) is 0. The van der Waals surface area contributed by atoms with Gasteiger partial charge in [0.2, 0.25) is 10.0 Å². The fourth-order valence-corrected chi connectivity index (χ4v) is 4.02. The Hall–Kier alpha value is -0.820. The van der Waals surface area contributed by atoms with E-state index in [1.165, 1.54) is 16.4 Å². The molecule has 1 aliphatic rings. The second-order valence-electron chi connectivity index (χ2n) is 4.23. The van der Waals surface area contributed by atoms with Gasteiger partial charge >= 0.3 is 0 Å². The molecule has 7 heteroatoms. The molecule has 100 valence electrons. The van der Waals surface area contributed by atoms with Gasteiger partial charge in [-0.3, -0.25) is 0 Å². The number of halogens is 1. The van der Waals surface area contributed by atoms with Crippen molar-refractivity contribution in [3.05, 3.63) is 23.2 Å². The molecule has 1 aliphatic heterocycles. The normalized spacial score (nSPS) is 22.0. The average Bonchev–Trinajstić information content (AvgIpc) is 2.32. The van der Waals surface area contributed by atoms with Crippen LogP contribution in [0.2, 0.25) is 5.02 Å². The summed E-state index contributed by atoms with van der Waals surface area (Å²) in [6, 6.07) is 4.25. The highest BCUT2D eigenvalue weighted by atomic mass is 35.5. The van der Waals surface area contributed by atoms with Gasteiger partial charge in [-0.15, -0.1) is 0 Å². The van der Waals surface area contributed by atoms with Crippen molar-refractivity contribution >= 4 is 27.3 Å². The molecule has 1 heterocycles. The van der Waals surface area contributed by atoms with Crippen molar-refractivity contribution in [1.29, 1.82) is 0 Å². The molecule has 2 rings (SSSR count). The van der Waals surface area contributed by atoms with E-state index >= 15 is 0 Å². The number of hydrogen-bond donors (Lipinski definition) is 1. The van der Waals surface area contributed by atoms with Crippen LogP contribution in [0.3, 0.4) is 0 Å². The molecule has 1 unspecified atom stereocenters. The van der Waals surface area contributed by atoms with E-state index in [1.54, 1.807) is 13.0 Å². The lowest BCUT2D eigenvalue weighted by molar-refractivity contribution is 0.0393. The SMILES string of the molecule is CC1COCCN1S(=O)(=O)c1cc(N)ccc1Cl. The van der Waals surface area contributed by atoms with E-state index < -0.39 is 10.0 Å². The summed E-state index contributed by atoms with van der Waals surface area (Å²) in [5.74, 6) is 0. The van der Waals surface area contributed by atoms with Gasteiger partial charge in [0.25, 0.3) is 0 Å². The van der Waals surface area contributed by atoms with Crippen LogP contribution in [-0.2, 0) is 14.8 Å². The number of nitrogen functional groups attached to an aromatic ring is 1. The summed E-state index contributed by atoms with van der Waals surface area (Å²) in [6.45, 7) is 2.91. The number of hydrogen-bond acceptors (Lipinski definition) is 4. The maximum absolute atomic E-state index is 12.5. The van der Waals surface area contributed by atoms with Gasteiger partial charge in [-0.25, -0.2) is 8.42 Å². The minimum atomic E-state index is -3.62. The Kier molecular flexibility index (Phi) is 3.82. The summed E-state index contributed by atoms with van der Waals surface area (Å²) in [5, 5.41) is 0.183. The first kappa shape index (κ1) is 13.6. The topological polar surface area (TPSA) is 72.6 Å². The third kappa shape index (κ3) is 2.47. The molecule has 0 saturated carbocycles. The van der Waals surface area contributed by atoms with Crippen LogP contribution in [0.1, 0.15) is 6.92 Å². The van der Waals surface area contributed by atoms with E-state index in [0.717, 1.165) is 0 Å². The number of ether oxygens (including phenoxy) is 1. The highest BCUT2D eigenvalue weighted by Gasteiger charge is 2.32. The second kappa shape index (κ2) is 5.05. The molecule has 18 heavy (non-hydrogen) atoms. The Morgan fingerprint density at radius 2 is 2.22 bits per heavy atom. The number of rotatable bonds is 2. The van der Waals surface area contributed by atoms with Gasteiger partial charge in [-0.1, -0.05) is 11.6 Å². The van der Waals surface area contributed by atoms with Crippen molar-refractivity contribution in [2.45, 2.75) is 17.9 Å². The maximum atomic E-state index is 12.5. The molecule has 2 N–H and O–H groups in total. The Morgan fingerprint density at radius 3 is 2.89 bits per heavy atom. The zero-order valence-electron chi connectivity index (χ0n) is 9.97. The van der Waals surface area contributed by atoms with Gasteiger partial charge in [-0.05, 0) is 25.1 Å². The molecular formula is C11H15ClN2O3S.